The van der Waals surface area contributed by atoms with E-state index < -0.39 is 12.2 Å². The Bertz CT molecular complexity index is 256. The van der Waals surface area contributed by atoms with E-state index in [1.165, 1.54) is 0 Å². The number of rotatable bonds is 4. The van der Waals surface area contributed by atoms with Crippen LogP contribution in [-0.4, -0.2) is 22.4 Å². The summed E-state index contributed by atoms with van der Waals surface area (Å²) in [6.07, 6.45) is -0.798. The largest absolute Gasteiger partial charge is 0.390 e. The standard InChI is InChI=1S/C12H18O2/c1-9(2)12(14)11(13)8-10-6-4-3-5-7-10/h3-7,9,11-14H,8H2,1-2H3/t11-,12-/m1/s1. The van der Waals surface area contributed by atoms with Crippen LogP contribution in [0.3, 0.4) is 0 Å². The number of aliphatic hydroxyl groups is 2. The van der Waals surface area contributed by atoms with E-state index in [2.05, 4.69) is 0 Å². The van der Waals surface area contributed by atoms with Crippen LogP contribution >= 0.6 is 0 Å². The first-order chi connectivity index (χ1) is 6.61. The molecular weight excluding hydrogens is 176 g/mol. The van der Waals surface area contributed by atoms with Crippen LogP contribution in [0.15, 0.2) is 30.3 Å². The van der Waals surface area contributed by atoms with Gasteiger partial charge < -0.3 is 10.2 Å². The number of benzene rings is 1. The summed E-state index contributed by atoms with van der Waals surface area (Å²) in [6.45, 7) is 3.80. The second-order valence-corrected chi connectivity index (χ2v) is 3.99. The van der Waals surface area contributed by atoms with E-state index in [0.717, 1.165) is 5.56 Å². The van der Waals surface area contributed by atoms with Crippen molar-refractivity contribution < 1.29 is 10.2 Å². The lowest BCUT2D eigenvalue weighted by molar-refractivity contribution is -0.00731. The van der Waals surface area contributed by atoms with Gasteiger partial charge in [-0.3, -0.25) is 0 Å². The van der Waals surface area contributed by atoms with Gasteiger partial charge in [0.15, 0.2) is 0 Å². The number of hydrogen-bond acceptors (Lipinski definition) is 2. The summed E-state index contributed by atoms with van der Waals surface area (Å²) in [6, 6.07) is 9.72. The zero-order chi connectivity index (χ0) is 10.6. The van der Waals surface area contributed by atoms with E-state index in [1.807, 2.05) is 44.2 Å². The second-order valence-electron chi connectivity index (χ2n) is 3.99. The number of aliphatic hydroxyl groups excluding tert-OH is 2. The highest BCUT2D eigenvalue weighted by Gasteiger charge is 2.19. The van der Waals surface area contributed by atoms with E-state index in [-0.39, 0.29) is 5.92 Å². The van der Waals surface area contributed by atoms with E-state index in [4.69, 9.17) is 0 Å². The second kappa shape index (κ2) is 5.13. The predicted molar refractivity (Wildman–Crippen MR) is 57.0 cm³/mol. The molecule has 0 saturated heterocycles. The Morgan fingerprint density at radius 2 is 1.64 bits per heavy atom. The highest BCUT2D eigenvalue weighted by Crippen LogP contribution is 2.11. The van der Waals surface area contributed by atoms with Crippen molar-refractivity contribution >= 4 is 0 Å². The van der Waals surface area contributed by atoms with Crippen molar-refractivity contribution in [2.24, 2.45) is 5.92 Å². The number of hydrogen-bond donors (Lipinski definition) is 2. The van der Waals surface area contributed by atoms with Crippen molar-refractivity contribution in [2.45, 2.75) is 32.5 Å². The third-order valence-corrected chi connectivity index (χ3v) is 2.36. The van der Waals surface area contributed by atoms with Gasteiger partial charge in [0, 0.05) is 6.42 Å². The average Bonchev–Trinajstić information content (AvgIpc) is 2.18. The third-order valence-electron chi connectivity index (χ3n) is 2.36. The summed E-state index contributed by atoms with van der Waals surface area (Å²) in [5.41, 5.74) is 1.06. The molecule has 0 saturated carbocycles. The summed E-state index contributed by atoms with van der Waals surface area (Å²) in [5, 5.41) is 19.3. The molecule has 2 N–H and O–H groups in total. The lowest BCUT2D eigenvalue weighted by atomic mass is 9.97. The van der Waals surface area contributed by atoms with Gasteiger partial charge in [-0.25, -0.2) is 0 Å². The van der Waals surface area contributed by atoms with Gasteiger partial charge in [-0.15, -0.1) is 0 Å². The van der Waals surface area contributed by atoms with Crippen LogP contribution in [0, 0.1) is 5.92 Å². The highest BCUT2D eigenvalue weighted by atomic mass is 16.3. The van der Waals surface area contributed by atoms with Gasteiger partial charge in [-0.1, -0.05) is 44.2 Å². The van der Waals surface area contributed by atoms with Crippen molar-refractivity contribution in [3.8, 4) is 0 Å². The minimum atomic E-state index is -0.669. The molecule has 0 unspecified atom stereocenters. The lowest BCUT2D eigenvalue weighted by Crippen LogP contribution is -2.32. The monoisotopic (exact) mass is 194 g/mol. The summed E-state index contributed by atoms with van der Waals surface area (Å²) in [4.78, 5) is 0. The van der Waals surface area contributed by atoms with Gasteiger partial charge in [-0.05, 0) is 11.5 Å². The summed E-state index contributed by atoms with van der Waals surface area (Å²) >= 11 is 0. The zero-order valence-electron chi connectivity index (χ0n) is 8.72. The molecule has 1 aromatic rings. The Morgan fingerprint density at radius 1 is 1.07 bits per heavy atom. The maximum atomic E-state index is 9.69. The normalized spacial score (nSPS) is 15.5. The fourth-order valence-corrected chi connectivity index (χ4v) is 1.42. The first-order valence-electron chi connectivity index (χ1n) is 5.01. The summed E-state index contributed by atoms with van der Waals surface area (Å²) in [7, 11) is 0. The van der Waals surface area contributed by atoms with Crippen molar-refractivity contribution in [3.05, 3.63) is 35.9 Å². The van der Waals surface area contributed by atoms with Gasteiger partial charge in [0.2, 0.25) is 0 Å². The molecule has 0 bridgehead atoms. The minimum absolute atomic E-state index is 0.0914. The average molecular weight is 194 g/mol. The fourth-order valence-electron chi connectivity index (χ4n) is 1.42. The van der Waals surface area contributed by atoms with Crippen LogP contribution in [0.2, 0.25) is 0 Å². The third kappa shape index (κ3) is 3.13. The minimum Gasteiger partial charge on any atom is -0.390 e. The van der Waals surface area contributed by atoms with Gasteiger partial charge in [0.05, 0.1) is 12.2 Å². The Hall–Kier alpha value is -0.860. The molecule has 0 fully saturated rings. The molecule has 0 amide bonds. The van der Waals surface area contributed by atoms with E-state index >= 15 is 0 Å². The molecule has 0 aromatic heterocycles. The van der Waals surface area contributed by atoms with Crippen LogP contribution in [0.4, 0.5) is 0 Å². The Kier molecular flexibility index (Phi) is 4.11. The quantitative estimate of drug-likeness (QED) is 0.764. The zero-order valence-corrected chi connectivity index (χ0v) is 8.72. The Labute approximate surface area is 85.2 Å². The van der Waals surface area contributed by atoms with Gasteiger partial charge in [-0.2, -0.15) is 0 Å². The lowest BCUT2D eigenvalue weighted by Gasteiger charge is -2.20. The molecule has 0 aliphatic carbocycles. The highest BCUT2D eigenvalue weighted by molar-refractivity contribution is 5.15. The smallest absolute Gasteiger partial charge is 0.0841 e. The molecule has 1 rings (SSSR count). The first-order valence-corrected chi connectivity index (χ1v) is 5.01. The molecule has 0 heterocycles. The van der Waals surface area contributed by atoms with Crippen LogP contribution in [0.25, 0.3) is 0 Å². The van der Waals surface area contributed by atoms with E-state index in [9.17, 15) is 10.2 Å². The van der Waals surface area contributed by atoms with E-state index in [0.29, 0.717) is 6.42 Å². The van der Waals surface area contributed by atoms with Gasteiger partial charge >= 0.3 is 0 Å². The molecule has 0 aliphatic heterocycles. The van der Waals surface area contributed by atoms with Crippen LogP contribution in [0.1, 0.15) is 19.4 Å². The molecule has 2 nitrogen and oxygen atoms in total. The van der Waals surface area contributed by atoms with Crippen LogP contribution in [0.5, 0.6) is 0 Å². The first kappa shape index (κ1) is 11.2. The fraction of sp³-hybridized carbons (Fsp3) is 0.500. The SMILES string of the molecule is CC(C)[C@@H](O)[C@H](O)Cc1ccccc1. The van der Waals surface area contributed by atoms with Crippen molar-refractivity contribution in [1.82, 2.24) is 0 Å². The predicted octanol–water partition coefficient (Wildman–Crippen LogP) is 1.61. The molecule has 1 aromatic carbocycles. The molecule has 78 valence electrons. The Balaban J connectivity index is 2.53. The molecule has 2 atom stereocenters. The molecule has 2 heteroatoms. The van der Waals surface area contributed by atoms with Crippen molar-refractivity contribution in [3.63, 3.8) is 0 Å². The Morgan fingerprint density at radius 3 is 2.14 bits per heavy atom. The molecule has 0 radical (unpaired) electrons. The van der Waals surface area contributed by atoms with Crippen LogP contribution in [-0.2, 0) is 6.42 Å². The maximum Gasteiger partial charge on any atom is 0.0841 e. The summed E-state index contributed by atoms with van der Waals surface area (Å²) < 4.78 is 0. The maximum absolute atomic E-state index is 9.69. The van der Waals surface area contributed by atoms with E-state index in [1.54, 1.807) is 0 Å². The van der Waals surface area contributed by atoms with Crippen molar-refractivity contribution in [2.75, 3.05) is 0 Å². The topological polar surface area (TPSA) is 40.5 Å². The summed E-state index contributed by atoms with van der Waals surface area (Å²) in [5.74, 6) is 0.0914. The van der Waals surface area contributed by atoms with Gasteiger partial charge in [0.1, 0.15) is 0 Å². The molecule has 0 aliphatic rings. The van der Waals surface area contributed by atoms with Crippen molar-refractivity contribution in [1.29, 1.82) is 0 Å². The van der Waals surface area contributed by atoms with Gasteiger partial charge in [0.25, 0.3) is 0 Å². The molecular formula is C12H18O2. The molecule has 0 spiro atoms. The molecule has 14 heavy (non-hydrogen) atoms. The van der Waals surface area contributed by atoms with Crippen LogP contribution < -0.4 is 0 Å².